The first-order chi connectivity index (χ1) is 8.27. The molecule has 0 aromatic heterocycles. The molecule has 0 heterocycles. The van der Waals surface area contributed by atoms with E-state index < -0.39 is 0 Å². The standard InChI is InChI=1S/C12H26N4O/c1-10(11-6-3-4-7-11)15-12(16-13)14-8-5-9-17-2/h10-11H,3-9,13H2,1-2H3,(H2,14,15,16). The van der Waals surface area contributed by atoms with Gasteiger partial charge in [0.1, 0.15) is 0 Å². The summed E-state index contributed by atoms with van der Waals surface area (Å²) in [7, 11) is 1.70. The van der Waals surface area contributed by atoms with Gasteiger partial charge in [0, 0.05) is 26.3 Å². The van der Waals surface area contributed by atoms with Gasteiger partial charge in [0.05, 0.1) is 0 Å². The number of aliphatic imine (C=N–C) groups is 1. The van der Waals surface area contributed by atoms with Gasteiger partial charge in [0.25, 0.3) is 0 Å². The molecule has 1 rings (SSSR count). The molecular weight excluding hydrogens is 216 g/mol. The summed E-state index contributed by atoms with van der Waals surface area (Å²) in [5.41, 5.74) is 2.63. The van der Waals surface area contributed by atoms with Crippen molar-refractivity contribution in [3.05, 3.63) is 0 Å². The fourth-order valence-corrected chi connectivity index (χ4v) is 2.32. The number of methoxy groups -OCH3 is 1. The normalized spacial score (nSPS) is 19.4. The van der Waals surface area contributed by atoms with E-state index in [9.17, 15) is 0 Å². The second-order valence-corrected chi connectivity index (χ2v) is 4.70. The molecule has 4 N–H and O–H groups in total. The Kier molecular flexibility index (Phi) is 6.96. The topological polar surface area (TPSA) is 71.7 Å². The highest BCUT2D eigenvalue weighted by atomic mass is 16.5. The summed E-state index contributed by atoms with van der Waals surface area (Å²) < 4.78 is 4.98. The van der Waals surface area contributed by atoms with Crippen LogP contribution in [-0.2, 0) is 4.74 Å². The first kappa shape index (κ1) is 14.3. The molecule has 1 unspecified atom stereocenters. The predicted molar refractivity (Wildman–Crippen MR) is 70.7 cm³/mol. The van der Waals surface area contributed by atoms with Crippen LogP contribution in [0.1, 0.15) is 39.0 Å². The number of hydrazine groups is 1. The number of nitrogens with one attached hydrogen (secondary N) is 2. The van der Waals surface area contributed by atoms with E-state index in [2.05, 4.69) is 22.7 Å². The summed E-state index contributed by atoms with van der Waals surface area (Å²) in [4.78, 5) is 4.38. The van der Waals surface area contributed by atoms with Crippen LogP contribution in [0.15, 0.2) is 4.99 Å². The molecule has 0 amide bonds. The van der Waals surface area contributed by atoms with Crippen molar-refractivity contribution in [3.8, 4) is 0 Å². The van der Waals surface area contributed by atoms with Crippen LogP contribution in [0.2, 0.25) is 0 Å². The van der Waals surface area contributed by atoms with Gasteiger partial charge < -0.3 is 10.1 Å². The van der Waals surface area contributed by atoms with Gasteiger partial charge in [-0.1, -0.05) is 12.8 Å². The Morgan fingerprint density at radius 2 is 2.18 bits per heavy atom. The molecule has 0 spiro atoms. The molecule has 0 aliphatic heterocycles. The van der Waals surface area contributed by atoms with Gasteiger partial charge in [-0.15, -0.1) is 0 Å². The van der Waals surface area contributed by atoms with Gasteiger partial charge in [0.15, 0.2) is 0 Å². The minimum Gasteiger partial charge on any atom is -0.385 e. The quantitative estimate of drug-likeness (QED) is 0.214. The monoisotopic (exact) mass is 242 g/mol. The molecule has 1 atom stereocenters. The lowest BCUT2D eigenvalue weighted by atomic mass is 10.0. The SMILES string of the molecule is COCCCN=C(NN)NC(C)C1CCCC1. The average molecular weight is 242 g/mol. The van der Waals surface area contributed by atoms with Gasteiger partial charge in [0.2, 0.25) is 5.96 Å². The molecule has 17 heavy (non-hydrogen) atoms. The number of ether oxygens (including phenoxy) is 1. The van der Waals surface area contributed by atoms with E-state index in [1.54, 1.807) is 7.11 Å². The molecule has 5 heteroatoms. The molecule has 0 radical (unpaired) electrons. The number of rotatable bonds is 6. The summed E-state index contributed by atoms with van der Waals surface area (Å²) in [6.07, 6.45) is 6.26. The van der Waals surface area contributed by atoms with Gasteiger partial charge in [-0.05, 0) is 32.1 Å². The number of hydrogen-bond donors (Lipinski definition) is 3. The molecule has 0 aromatic rings. The van der Waals surface area contributed by atoms with Crippen molar-refractivity contribution in [2.45, 2.75) is 45.1 Å². The minimum absolute atomic E-state index is 0.440. The second kappa shape index (κ2) is 8.31. The van der Waals surface area contributed by atoms with E-state index in [4.69, 9.17) is 10.6 Å². The zero-order valence-electron chi connectivity index (χ0n) is 11.0. The van der Waals surface area contributed by atoms with Gasteiger partial charge in [-0.2, -0.15) is 0 Å². The van der Waals surface area contributed by atoms with Crippen LogP contribution < -0.4 is 16.6 Å². The Bertz CT molecular complexity index is 227. The highest BCUT2D eigenvalue weighted by molar-refractivity contribution is 5.79. The summed E-state index contributed by atoms with van der Waals surface area (Å²) >= 11 is 0. The maximum Gasteiger partial charge on any atom is 0.205 e. The summed E-state index contributed by atoms with van der Waals surface area (Å²) in [5, 5.41) is 3.36. The van der Waals surface area contributed by atoms with E-state index in [-0.39, 0.29) is 0 Å². The Labute approximate surface area is 104 Å². The molecule has 0 aromatic carbocycles. The Morgan fingerprint density at radius 3 is 2.76 bits per heavy atom. The van der Waals surface area contributed by atoms with Gasteiger partial charge in [-0.3, -0.25) is 10.4 Å². The van der Waals surface area contributed by atoms with Crippen molar-refractivity contribution in [1.29, 1.82) is 0 Å². The van der Waals surface area contributed by atoms with Crippen molar-refractivity contribution in [2.75, 3.05) is 20.3 Å². The Balaban J connectivity index is 2.28. The van der Waals surface area contributed by atoms with Crippen LogP contribution >= 0.6 is 0 Å². The number of guanidine groups is 1. The maximum absolute atomic E-state index is 5.46. The third-order valence-electron chi connectivity index (χ3n) is 3.38. The highest BCUT2D eigenvalue weighted by Gasteiger charge is 2.21. The summed E-state index contributed by atoms with van der Waals surface area (Å²) in [6.45, 7) is 3.68. The van der Waals surface area contributed by atoms with Crippen molar-refractivity contribution in [2.24, 2.45) is 16.8 Å². The van der Waals surface area contributed by atoms with E-state index in [1.807, 2.05) is 0 Å². The van der Waals surface area contributed by atoms with Crippen molar-refractivity contribution in [3.63, 3.8) is 0 Å². The first-order valence-electron chi connectivity index (χ1n) is 6.54. The minimum atomic E-state index is 0.440. The maximum atomic E-state index is 5.46. The van der Waals surface area contributed by atoms with Crippen LogP contribution in [0, 0.1) is 5.92 Å². The van der Waals surface area contributed by atoms with Gasteiger partial charge >= 0.3 is 0 Å². The summed E-state index contributed by atoms with van der Waals surface area (Å²) in [6, 6.07) is 0.440. The van der Waals surface area contributed by atoms with E-state index in [0.29, 0.717) is 12.0 Å². The van der Waals surface area contributed by atoms with E-state index >= 15 is 0 Å². The van der Waals surface area contributed by atoms with Crippen LogP contribution in [0.25, 0.3) is 0 Å². The molecular formula is C12H26N4O. The number of hydrogen-bond acceptors (Lipinski definition) is 3. The molecule has 5 nitrogen and oxygen atoms in total. The van der Waals surface area contributed by atoms with Crippen LogP contribution in [0.3, 0.4) is 0 Å². The molecule has 1 saturated carbocycles. The largest absolute Gasteiger partial charge is 0.385 e. The van der Waals surface area contributed by atoms with Crippen LogP contribution in [0.5, 0.6) is 0 Å². The third-order valence-corrected chi connectivity index (χ3v) is 3.38. The highest BCUT2D eigenvalue weighted by Crippen LogP contribution is 2.27. The van der Waals surface area contributed by atoms with Crippen molar-refractivity contribution < 1.29 is 4.74 Å². The molecule has 1 fully saturated rings. The van der Waals surface area contributed by atoms with E-state index in [0.717, 1.165) is 25.5 Å². The molecule has 100 valence electrons. The second-order valence-electron chi connectivity index (χ2n) is 4.70. The van der Waals surface area contributed by atoms with Crippen molar-refractivity contribution >= 4 is 5.96 Å². The van der Waals surface area contributed by atoms with Crippen molar-refractivity contribution in [1.82, 2.24) is 10.7 Å². The Morgan fingerprint density at radius 1 is 1.47 bits per heavy atom. The van der Waals surface area contributed by atoms with Crippen LogP contribution in [-0.4, -0.2) is 32.3 Å². The average Bonchev–Trinajstić information content (AvgIpc) is 2.86. The fourth-order valence-electron chi connectivity index (χ4n) is 2.32. The lowest BCUT2D eigenvalue weighted by molar-refractivity contribution is 0.197. The lowest BCUT2D eigenvalue weighted by Gasteiger charge is -2.22. The predicted octanol–water partition coefficient (Wildman–Crippen LogP) is 1.01. The molecule has 0 bridgehead atoms. The van der Waals surface area contributed by atoms with Crippen LogP contribution in [0.4, 0.5) is 0 Å². The summed E-state index contributed by atoms with van der Waals surface area (Å²) in [5.74, 6) is 6.91. The zero-order valence-corrected chi connectivity index (χ0v) is 11.0. The third kappa shape index (κ3) is 5.37. The Hall–Kier alpha value is -0.810. The fraction of sp³-hybridized carbons (Fsp3) is 0.917. The van der Waals surface area contributed by atoms with Gasteiger partial charge in [-0.25, -0.2) is 5.84 Å². The number of nitrogens with two attached hydrogens (primary N) is 1. The molecule has 1 aliphatic rings. The number of nitrogens with zero attached hydrogens (tertiary/aromatic N) is 1. The van der Waals surface area contributed by atoms with E-state index in [1.165, 1.54) is 25.7 Å². The molecule has 1 aliphatic carbocycles. The zero-order chi connectivity index (χ0) is 12.5. The lowest BCUT2D eigenvalue weighted by Crippen LogP contribution is -2.47. The smallest absolute Gasteiger partial charge is 0.205 e. The molecule has 0 saturated heterocycles. The first-order valence-corrected chi connectivity index (χ1v) is 6.54.